The molecule has 0 heterocycles. The van der Waals surface area contributed by atoms with Gasteiger partial charge in [-0.25, -0.2) is 0 Å². The van der Waals surface area contributed by atoms with Crippen LogP contribution in [0.25, 0.3) is 0 Å². The van der Waals surface area contributed by atoms with Crippen molar-refractivity contribution in [1.29, 1.82) is 0 Å². The number of unbranched alkanes of at least 4 members (excludes halogenated alkanes) is 22. The molecule has 0 fully saturated rings. The molecule has 4 N–H and O–H groups in total. The van der Waals surface area contributed by atoms with E-state index >= 15 is 0 Å². The van der Waals surface area contributed by atoms with Crippen molar-refractivity contribution in [2.24, 2.45) is 0 Å². The summed E-state index contributed by atoms with van der Waals surface area (Å²) in [6, 6.07) is -0.830. The van der Waals surface area contributed by atoms with Gasteiger partial charge in [-0.1, -0.05) is 153 Å². The van der Waals surface area contributed by atoms with Crippen LogP contribution < -0.4 is 5.32 Å². The molecule has 46 heavy (non-hydrogen) atoms. The predicted octanol–water partition coefficient (Wildman–Crippen LogP) is 10.8. The molecule has 0 aromatic carbocycles. The van der Waals surface area contributed by atoms with E-state index in [0.29, 0.717) is 12.8 Å². The lowest BCUT2D eigenvalue weighted by atomic mass is 10.0. The van der Waals surface area contributed by atoms with Crippen molar-refractivity contribution in [1.82, 2.24) is 5.32 Å². The highest BCUT2D eigenvalue weighted by molar-refractivity contribution is 5.76. The topological polar surface area (TPSA) is 89.8 Å². The zero-order valence-electron chi connectivity index (χ0n) is 30.5. The lowest BCUT2D eigenvalue weighted by Crippen LogP contribution is -2.50. The predicted molar refractivity (Wildman–Crippen MR) is 199 cm³/mol. The van der Waals surface area contributed by atoms with Gasteiger partial charge < -0.3 is 20.6 Å². The van der Waals surface area contributed by atoms with E-state index in [9.17, 15) is 20.1 Å². The maximum absolute atomic E-state index is 12.3. The summed E-state index contributed by atoms with van der Waals surface area (Å²) in [5, 5.41) is 33.1. The highest BCUT2D eigenvalue weighted by Gasteiger charge is 2.26. The minimum atomic E-state index is -1.16. The molecule has 1 amide bonds. The molecular formula is C41H77NO4. The Hall–Kier alpha value is -1.43. The van der Waals surface area contributed by atoms with E-state index in [-0.39, 0.29) is 12.5 Å². The van der Waals surface area contributed by atoms with Crippen molar-refractivity contribution in [2.45, 2.75) is 212 Å². The molecule has 0 radical (unpaired) electrons. The highest BCUT2D eigenvalue weighted by Crippen LogP contribution is 2.14. The second-order valence-electron chi connectivity index (χ2n) is 13.5. The Labute approximate surface area is 285 Å². The normalized spacial score (nSPS) is 14.1. The van der Waals surface area contributed by atoms with Crippen molar-refractivity contribution in [2.75, 3.05) is 6.61 Å². The number of carbonyl (C=O) groups excluding carboxylic acids is 1. The van der Waals surface area contributed by atoms with E-state index in [1.807, 2.05) is 13.0 Å². The van der Waals surface area contributed by atoms with E-state index in [0.717, 1.165) is 44.9 Å². The standard InChI is InChI=1S/C41H77NO4/c1-3-5-7-9-11-13-14-15-16-17-18-19-20-21-22-23-24-25-26-27-28-30-32-34-36-40(45)42-38(37-43)41(46)39(44)35-33-31-29-12-10-8-6-4-2/h4,6,12,21-22,29,38-39,41,43-44,46H,3,5,7-11,13-20,23-28,30-37H2,1-2H3,(H,42,45)/b6-4+,22-21-,29-12+. The van der Waals surface area contributed by atoms with Gasteiger partial charge in [0.25, 0.3) is 0 Å². The molecule has 0 bridgehead atoms. The number of hydrogen-bond donors (Lipinski definition) is 4. The quantitative estimate of drug-likeness (QED) is 0.0407. The van der Waals surface area contributed by atoms with Gasteiger partial charge in [-0.2, -0.15) is 0 Å². The molecule has 270 valence electrons. The lowest BCUT2D eigenvalue weighted by Gasteiger charge is -2.26. The molecule has 0 aromatic heterocycles. The highest BCUT2D eigenvalue weighted by atomic mass is 16.3. The van der Waals surface area contributed by atoms with Crippen LogP contribution >= 0.6 is 0 Å². The Kier molecular flexibility index (Phi) is 35.3. The first-order valence-corrected chi connectivity index (χ1v) is 19.7. The fraction of sp³-hybridized carbons (Fsp3) is 0.829. The number of carbonyl (C=O) groups is 1. The van der Waals surface area contributed by atoms with Crippen LogP contribution in [0.15, 0.2) is 36.5 Å². The number of nitrogens with one attached hydrogen (secondary N) is 1. The molecule has 3 atom stereocenters. The summed E-state index contributed by atoms with van der Waals surface area (Å²) < 4.78 is 0. The van der Waals surface area contributed by atoms with Gasteiger partial charge in [-0.05, 0) is 71.1 Å². The largest absolute Gasteiger partial charge is 0.394 e. The zero-order chi connectivity index (χ0) is 33.8. The molecule has 5 nitrogen and oxygen atoms in total. The third kappa shape index (κ3) is 31.2. The lowest BCUT2D eigenvalue weighted by molar-refractivity contribution is -0.124. The number of rotatable bonds is 35. The number of aliphatic hydroxyl groups excluding tert-OH is 3. The van der Waals surface area contributed by atoms with Crippen LogP contribution in [0, 0.1) is 0 Å². The van der Waals surface area contributed by atoms with Gasteiger partial charge in [0, 0.05) is 6.42 Å². The van der Waals surface area contributed by atoms with Gasteiger partial charge >= 0.3 is 0 Å². The smallest absolute Gasteiger partial charge is 0.220 e. The number of allylic oxidation sites excluding steroid dienone is 6. The Morgan fingerprint density at radius 1 is 0.565 bits per heavy atom. The number of hydrogen-bond acceptors (Lipinski definition) is 4. The molecule has 0 rings (SSSR count). The molecule has 0 aromatic rings. The van der Waals surface area contributed by atoms with Crippen LogP contribution in [0.1, 0.15) is 194 Å². The van der Waals surface area contributed by atoms with Crippen LogP contribution in [0.2, 0.25) is 0 Å². The second kappa shape index (κ2) is 36.4. The monoisotopic (exact) mass is 648 g/mol. The first kappa shape index (κ1) is 44.6. The second-order valence-corrected chi connectivity index (χ2v) is 13.5. The van der Waals surface area contributed by atoms with Gasteiger partial charge in [0.15, 0.2) is 0 Å². The van der Waals surface area contributed by atoms with E-state index in [1.54, 1.807) is 0 Å². The van der Waals surface area contributed by atoms with Crippen LogP contribution in [-0.2, 0) is 4.79 Å². The third-order valence-corrected chi connectivity index (χ3v) is 9.04. The van der Waals surface area contributed by atoms with Crippen LogP contribution in [0.4, 0.5) is 0 Å². The van der Waals surface area contributed by atoms with Gasteiger partial charge in [0.05, 0.1) is 18.8 Å². The molecule has 0 saturated heterocycles. The molecule has 0 aliphatic heterocycles. The van der Waals surface area contributed by atoms with Crippen molar-refractivity contribution >= 4 is 5.91 Å². The summed E-state index contributed by atoms with van der Waals surface area (Å²) in [6.07, 6.45) is 44.3. The van der Waals surface area contributed by atoms with Crippen LogP contribution in [0.5, 0.6) is 0 Å². The summed E-state index contributed by atoms with van der Waals surface area (Å²) in [5.41, 5.74) is 0. The van der Waals surface area contributed by atoms with E-state index < -0.39 is 18.2 Å². The molecule has 3 unspecified atom stereocenters. The zero-order valence-corrected chi connectivity index (χ0v) is 30.5. The van der Waals surface area contributed by atoms with Gasteiger partial charge in [0.2, 0.25) is 5.91 Å². The SMILES string of the molecule is C/C=C/CC/C=C/CCCC(O)C(O)C(CO)NC(=O)CCCCCCCCCC/C=C\CCCCCCCCCCCCCC. The summed E-state index contributed by atoms with van der Waals surface area (Å²) in [6.45, 7) is 3.92. The Morgan fingerprint density at radius 3 is 1.46 bits per heavy atom. The van der Waals surface area contributed by atoms with Crippen LogP contribution in [-0.4, -0.2) is 46.1 Å². The number of aliphatic hydroxyl groups is 3. The fourth-order valence-corrected chi connectivity index (χ4v) is 5.94. The van der Waals surface area contributed by atoms with Crippen molar-refractivity contribution in [3.05, 3.63) is 36.5 Å². The Morgan fingerprint density at radius 2 is 0.978 bits per heavy atom. The minimum absolute atomic E-state index is 0.166. The molecule has 0 spiro atoms. The Balaban J connectivity index is 3.58. The van der Waals surface area contributed by atoms with Gasteiger partial charge in [-0.15, -0.1) is 0 Å². The first-order valence-electron chi connectivity index (χ1n) is 19.7. The summed E-state index contributed by atoms with van der Waals surface area (Å²) in [4.78, 5) is 12.3. The Bertz CT molecular complexity index is 719. The average Bonchev–Trinajstić information content (AvgIpc) is 3.06. The maximum atomic E-state index is 12.3. The molecular weight excluding hydrogens is 570 g/mol. The van der Waals surface area contributed by atoms with E-state index in [2.05, 4.69) is 42.6 Å². The maximum Gasteiger partial charge on any atom is 0.220 e. The third-order valence-electron chi connectivity index (χ3n) is 9.04. The number of amides is 1. The summed E-state index contributed by atoms with van der Waals surface area (Å²) >= 11 is 0. The first-order chi connectivity index (χ1) is 22.6. The van der Waals surface area contributed by atoms with Crippen molar-refractivity contribution < 1.29 is 20.1 Å². The average molecular weight is 648 g/mol. The molecule has 0 aliphatic carbocycles. The van der Waals surface area contributed by atoms with E-state index in [4.69, 9.17) is 0 Å². The van der Waals surface area contributed by atoms with Crippen LogP contribution in [0.3, 0.4) is 0 Å². The van der Waals surface area contributed by atoms with Gasteiger partial charge in [-0.3, -0.25) is 4.79 Å². The van der Waals surface area contributed by atoms with Crippen molar-refractivity contribution in [3.63, 3.8) is 0 Å². The minimum Gasteiger partial charge on any atom is -0.394 e. The van der Waals surface area contributed by atoms with Crippen molar-refractivity contribution in [3.8, 4) is 0 Å². The summed E-state index contributed by atoms with van der Waals surface area (Å²) in [7, 11) is 0. The van der Waals surface area contributed by atoms with E-state index in [1.165, 1.54) is 122 Å². The fourth-order valence-electron chi connectivity index (χ4n) is 5.94. The summed E-state index contributed by atoms with van der Waals surface area (Å²) in [5.74, 6) is -0.166. The molecule has 5 heteroatoms. The van der Waals surface area contributed by atoms with Gasteiger partial charge in [0.1, 0.15) is 6.10 Å². The molecule has 0 saturated carbocycles. The molecule has 0 aliphatic rings.